The number of carbonyl (C=O) groups is 1. The lowest BCUT2D eigenvalue weighted by atomic mass is 9.64. The number of carboxylic acids is 1. The van der Waals surface area contributed by atoms with Crippen LogP contribution in [-0.2, 0) is 5.41 Å². The van der Waals surface area contributed by atoms with Gasteiger partial charge in [0.05, 0.1) is 5.56 Å². The van der Waals surface area contributed by atoms with E-state index in [-0.39, 0.29) is 5.41 Å². The van der Waals surface area contributed by atoms with Crippen molar-refractivity contribution in [3.8, 4) is 0 Å². The predicted molar refractivity (Wildman–Crippen MR) is 67.5 cm³/mol. The molecular formula is C14H19NO2. The van der Waals surface area contributed by atoms with E-state index in [2.05, 4.69) is 25.1 Å². The molecule has 0 unspecified atom stereocenters. The maximum absolute atomic E-state index is 11.0. The molecule has 0 saturated heterocycles. The zero-order valence-corrected chi connectivity index (χ0v) is 10.4. The Morgan fingerprint density at radius 1 is 1.41 bits per heavy atom. The molecule has 0 amide bonds. The van der Waals surface area contributed by atoms with E-state index in [1.165, 1.54) is 12.0 Å². The van der Waals surface area contributed by atoms with Crippen LogP contribution in [-0.4, -0.2) is 36.6 Å². The molecule has 0 atom stereocenters. The number of likely N-dealkylation sites (N-methyl/N-ethyl adjacent to an activating group) is 1. The van der Waals surface area contributed by atoms with Crippen LogP contribution in [0, 0.1) is 0 Å². The third kappa shape index (κ3) is 2.34. The lowest BCUT2D eigenvalue weighted by Gasteiger charge is -2.44. The van der Waals surface area contributed by atoms with Gasteiger partial charge in [-0.05, 0) is 44.6 Å². The van der Waals surface area contributed by atoms with E-state index in [0.717, 1.165) is 19.4 Å². The molecule has 0 spiro atoms. The van der Waals surface area contributed by atoms with Crippen LogP contribution in [0.25, 0.3) is 0 Å². The minimum atomic E-state index is -0.842. The minimum Gasteiger partial charge on any atom is -0.478 e. The van der Waals surface area contributed by atoms with Crippen LogP contribution in [0.3, 0.4) is 0 Å². The van der Waals surface area contributed by atoms with Crippen molar-refractivity contribution >= 4 is 5.97 Å². The van der Waals surface area contributed by atoms with Gasteiger partial charge in [0.2, 0.25) is 0 Å². The number of rotatable bonds is 4. The molecule has 17 heavy (non-hydrogen) atoms. The standard InChI is InChI=1S/C14H19NO2/c1-15(2)10-14(7-4-8-14)12-6-3-5-11(9-12)13(16)17/h3,5-6,9H,4,7-8,10H2,1-2H3,(H,16,17). The lowest BCUT2D eigenvalue weighted by Crippen LogP contribution is -2.43. The Hall–Kier alpha value is -1.35. The van der Waals surface area contributed by atoms with E-state index in [1.54, 1.807) is 6.07 Å². The highest BCUT2D eigenvalue weighted by atomic mass is 16.4. The average molecular weight is 233 g/mol. The molecule has 3 nitrogen and oxygen atoms in total. The number of nitrogens with zero attached hydrogens (tertiary/aromatic N) is 1. The third-order valence-corrected chi connectivity index (χ3v) is 3.65. The molecule has 1 fully saturated rings. The Balaban J connectivity index is 2.31. The molecule has 1 aliphatic rings. The van der Waals surface area contributed by atoms with Gasteiger partial charge in [-0.25, -0.2) is 4.79 Å². The second kappa shape index (κ2) is 4.49. The zero-order valence-electron chi connectivity index (χ0n) is 10.4. The third-order valence-electron chi connectivity index (χ3n) is 3.65. The smallest absolute Gasteiger partial charge is 0.335 e. The van der Waals surface area contributed by atoms with E-state index >= 15 is 0 Å². The Labute approximate surface area is 102 Å². The number of hydrogen-bond donors (Lipinski definition) is 1. The van der Waals surface area contributed by atoms with Gasteiger partial charge in [0.1, 0.15) is 0 Å². The Kier molecular flexibility index (Phi) is 3.20. The number of hydrogen-bond acceptors (Lipinski definition) is 2. The molecule has 1 N–H and O–H groups in total. The zero-order chi connectivity index (χ0) is 12.5. The summed E-state index contributed by atoms with van der Waals surface area (Å²) in [4.78, 5) is 13.2. The second-order valence-corrected chi connectivity index (χ2v) is 5.26. The summed E-state index contributed by atoms with van der Waals surface area (Å²) in [6.45, 7) is 0.996. The quantitative estimate of drug-likeness (QED) is 0.868. The summed E-state index contributed by atoms with van der Waals surface area (Å²) in [6.07, 6.45) is 3.56. The monoisotopic (exact) mass is 233 g/mol. The highest BCUT2D eigenvalue weighted by molar-refractivity contribution is 5.87. The second-order valence-electron chi connectivity index (χ2n) is 5.26. The van der Waals surface area contributed by atoms with Crippen molar-refractivity contribution in [3.63, 3.8) is 0 Å². The largest absolute Gasteiger partial charge is 0.478 e. The van der Waals surface area contributed by atoms with Gasteiger partial charge in [0.15, 0.2) is 0 Å². The summed E-state index contributed by atoms with van der Waals surface area (Å²) in [7, 11) is 4.14. The van der Waals surface area contributed by atoms with Crippen LogP contribution in [0.5, 0.6) is 0 Å². The number of benzene rings is 1. The van der Waals surface area contributed by atoms with Crippen molar-refractivity contribution in [3.05, 3.63) is 35.4 Å². The van der Waals surface area contributed by atoms with E-state index in [4.69, 9.17) is 5.11 Å². The highest BCUT2D eigenvalue weighted by Crippen LogP contribution is 2.44. The number of aromatic carboxylic acids is 1. The van der Waals surface area contributed by atoms with Crippen LogP contribution >= 0.6 is 0 Å². The van der Waals surface area contributed by atoms with E-state index in [9.17, 15) is 4.79 Å². The molecule has 2 rings (SSSR count). The van der Waals surface area contributed by atoms with Gasteiger partial charge in [-0.1, -0.05) is 18.6 Å². The van der Waals surface area contributed by atoms with E-state index in [0.29, 0.717) is 5.56 Å². The van der Waals surface area contributed by atoms with E-state index < -0.39 is 5.97 Å². The first-order chi connectivity index (χ1) is 8.03. The molecule has 0 aliphatic heterocycles. The highest BCUT2D eigenvalue weighted by Gasteiger charge is 2.39. The molecule has 92 valence electrons. The van der Waals surface area contributed by atoms with Crippen LogP contribution < -0.4 is 0 Å². The predicted octanol–water partition coefficient (Wildman–Crippen LogP) is 2.37. The van der Waals surface area contributed by atoms with Gasteiger partial charge in [-0.2, -0.15) is 0 Å². The van der Waals surface area contributed by atoms with Gasteiger partial charge in [-0.15, -0.1) is 0 Å². The average Bonchev–Trinajstić information content (AvgIpc) is 2.23. The molecule has 0 bridgehead atoms. The summed E-state index contributed by atoms with van der Waals surface area (Å²) in [5.74, 6) is -0.842. The first-order valence-electron chi connectivity index (χ1n) is 6.02. The van der Waals surface area contributed by atoms with Crippen molar-refractivity contribution in [2.24, 2.45) is 0 Å². The van der Waals surface area contributed by atoms with E-state index in [1.807, 2.05) is 12.1 Å². The van der Waals surface area contributed by atoms with Crippen molar-refractivity contribution in [2.75, 3.05) is 20.6 Å². The Bertz CT molecular complexity index is 422. The van der Waals surface area contributed by atoms with Crippen LogP contribution in [0.2, 0.25) is 0 Å². The molecular weight excluding hydrogens is 214 g/mol. The fourth-order valence-electron chi connectivity index (χ4n) is 2.73. The Morgan fingerprint density at radius 2 is 2.12 bits per heavy atom. The lowest BCUT2D eigenvalue weighted by molar-refractivity contribution is 0.0696. The molecule has 0 radical (unpaired) electrons. The fourth-order valence-corrected chi connectivity index (χ4v) is 2.73. The van der Waals surface area contributed by atoms with Gasteiger partial charge >= 0.3 is 5.97 Å². The summed E-state index contributed by atoms with van der Waals surface area (Å²) in [6, 6.07) is 7.42. The molecule has 0 aromatic heterocycles. The van der Waals surface area contributed by atoms with Crippen molar-refractivity contribution in [2.45, 2.75) is 24.7 Å². The maximum atomic E-state index is 11.0. The first kappa shape index (κ1) is 12.1. The molecule has 0 heterocycles. The summed E-state index contributed by atoms with van der Waals surface area (Å²) in [5, 5.41) is 9.04. The molecule has 1 aliphatic carbocycles. The van der Waals surface area contributed by atoms with Crippen molar-refractivity contribution < 1.29 is 9.90 Å². The topological polar surface area (TPSA) is 40.5 Å². The summed E-state index contributed by atoms with van der Waals surface area (Å²) < 4.78 is 0. The molecule has 1 saturated carbocycles. The molecule has 1 aromatic carbocycles. The van der Waals surface area contributed by atoms with Gasteiger partial charge in [-0.3, -0.25) is 0 Å². The van der Waals surface area contributed by atoms with Gasteiger partial charge in [0.25, 0.3) is 0 Å². The normalized spacial score (nSPS) is 17.8. The fraction of sp³-hybridized carbons (Fsp3) is 0.500. The summed E-state index contributed by atoms with van der Waals surface area (Å²) in [5.41, 5.74) is 1.75. The van der Waals surface area contributed by atoms with Crippen LogP contribution in [0.4, 0.5) is 0 Å². The first-order valence-corrected chi connectivity index (χ1v) is 6.02. The van der Waals surface area contributed by atoms with Gasteiger partial charge in [0, 0.05) is 12.0 Å². The Morgan fingerprint density at radius 3 is 2.59 bits per heavy atom. The van der Waals surface area contributed by atoms with Crippen molar-refractivity contribution in [1.29, 1.82) is 0 Å². The van der Waals surface area contributed by atoms with Gasteiger partial charge < -0.3 is 10.0 Å². The molecule has 1 aromatic rings. The number of carboxylic acid groups (broad SMARTS) is 1. The SMILES string of the molecule is CN(C)CC1(c2cccc(C(=O)O)c2)CCC1. The van der Waals surface area contributed by atoms with Crippen LogP contribution in [0.1, 0.15) is 35.2 Å². The molecule has 3 heteroatoms. The summed E-state index contributed by atoms with van der Waals surface area (Å²) >= 11 is 0. The maximum Gasteiger partial charge on any atom is 0.335 e. The van der Waals surface area contributed by atoms with Crippen molar-refractivity contribution in [1.82, 2.24) is 4.90 Å². The van der Waals surface area contributed by atoms with Crippen LogP contribution in [0.15, 0.2) is 24.3 Å². The minimum absolute atomic E-state index is 0.176.